The summed E-state index contributed by atoms with van der Waals surface area (Å²) in [5.41, 5.74) is 0. The van der Waals surface area contributed by atoms with Crippen LogP contribution in [0.15, 0.2) is 0 Å². The zero-order valence-electron chi connectivity index (χ0n) is 11.5. The number of aliphatic hydroxyl groups is 2. The maximum absolute atomic E-state index is 8.14. The van der Waals surface area contributed by atoms with Gasteiger partial charge in [-0.25, -0.2) is 0 Å². The summed E-state index contributed by atoms with van der Waals surface area (Å²) in [6.45, 7) is 9.59. The molecule has 0 saturated carbocycles. The van der Waals surface area contributed by atoms with Crippen molar-refractivity contribution in [2.45, 2.75) is 34.1 Å². The number of hydrogen-bond acceptors (Lipinski definition) is 4. The van der Waals surface area contributed by atoms with Crippen molar-refractivity contribution in [2.75, 3.05) is 32.6 Å². The topological polar surface area (TPSA) is 52.5 Å². The third kappa shape index (κ3) is 47.6. The summed E-state index contributed by atoms with van der Waals surface area (Å²) < 4.78 is 0. The number of hydrogen-bond donors (Lipinski definition) is 4. The van der Waals surface area contributed by atoms with Gasteiger partial charge in [0, 0.05) is 13.2 Å². The molecule has 0 aromatic carbocycles. The van der Waals surface area contributed by atoms with Crippen molar-refractivity contribution in [3.8, 4) is 0 Å². The van der Waals surface area contributed by atoms with Crippen LogP contribution in [-0.2, 0) is 0 Å². The minimum atomic E-state index is 0.233. The molecule has 0 bridgehead atoms. The molecule has 3 N–H and O–H groups in total. The Kier molecular flexibility index (Phi) is 27.7. The standard InChI is InChI=1S/C5H12S.C4H10O.C3H9NO/c1-5(2)3-4-6;1-4(2)3-5;1-4-2-3-5/h5-6H,3-4H2,1-2H3;4-5H,3H2,1-2H3;4-5H,2-3H2,1H3. The van der Waals surface area contributed by atoms with Crippen LogP contribution in [0.25, 0.3) is 0 Å². The second kappa shape index (κ2) is 20.6. The average Bonchev–Trinajstić information content (AvgIpc) is 2.20. The molecule has 102 valence electrons. The zero-order chi connectivity index (χ0) is 13.4. The SMILES string of the molecule is CC(C)CCS.CC(C)CO.CNCCO. The minimum absolute atomic E-state index is 0.233. The van der Waals surface area contributed by atoms with Crippen LogP contribution in [0.2, 0.25) is 0 Å². The summed E-state index contributed by atoms with van der Waals surface area (Å²) >= 11 is 4.06. The molecule has 16 heavy (non-hydrogen) atoms. The minimum Gasteiger partial charge on any atom is -0.396 e. The van der Waals surface area contributed by atoms with E-state index in [1.807, 2.05) is 13.8 Å². The predicted molar refractivity (Wildman–Crippen MR) is 76.2 cm³/mol. The maximum Gasteiger partial charge on any atom is 0.0555 e. The highest BCUT2D eigenvalue weighted by molar-refractivity contribution is 7.80. The first-order valence-electron chi connectivity index (χ1n) is 5.93. The molecule has 0 aliphatic heterocycles. The molecular formula is C12H31NO2S. The first kappa shape index (κ1) is 21.5. The van der Waals surface area contributed by atoms with Gasteiger partial charge < -0.3 is 15.5 Å². The fourth-order valence-corrected chi connectivity index (χ4v) is 0.886. The van der Waals surface area contributed by atoms with E-state index in [2.05, 4.69) is 31.8 Å². The van der Waals surface area contributed by atoms with Crippen molar-refractivity contribution in [2.24, 2.45) is 11.8 Å². The second-order valence-electron chi connectivity index (χ2n) is 4.31. The van der Waals surface area contributed by atoms with E-state index < -0.39 is 0 Å². The zero-order valence-corrected chi connectivity index (χ0v) is 12.4. The molecule has 0 fully saturated rings. The summed E-state index contributed by atoms with van der Waals surface area (Å²) in [5.74, 6) is 2.29. The van der Waals surface area contributed by atoms with Crippen molar-refractivity contribution in [3.63, 3.8) is 0 Å². The Morgan fingerprint density at radius 1 is 1.06 bits per heavy atom. The number of aliphatic hydroxyl groups excluding tert-OH is 2. The van der Waals surface area contributed by atoms with Gasteiger partial charge in [0.1, 0.15) is 0 Å². The van der Waals surface area contributed by atoms with E-state index in [0.29, 0.717) is 19.1 Å². The molecule has 0 aliphatic carbocycles. The van der Waals surface area contributed by atoms with Crippen LogP contribution < -0.4 is 5.32 Å². The first-order valence-corrected chi connectivity index (χ1v) is 6.56. The van der Waals surface area contributed by atoms with Crippen LogP contribution in [0.1, 0.15) is 34.1 Å². The number of thiol groups is 1. The Hall–Kier alpha value is 0.230. The van der Waals surface area contributed by atoms with Gasteiger partial charge in [-0.05, 0) is 31.1 Å². The molecule has 0 atom stereocenters. The molecular weight excluding hydrogens is 222 g/mol. The molecule has 0 heterocycles. The Morgan fingerprint density at radius 2 is 1.50 bits per heavy atom. The van der Waals surface area contributed by atoms with E-state index in [1.165, 1.54) is 6.42 Å². The Bertz CT molecular complexity index is 99.0. The third-order valence-corrected chi connectivity index (χ3v) is 1.69. The Labute approximate surface area is 107 Å². The smallest absolute Gasteiger partial charge is 0.0555 e. The fraction of sp³-hybridized carbons (Fsp3) is 1.00. The molecule has 0 saturated heterocycles. The highest BCUT2D eigenvalue weighted by Gasteiger charge is 1.86. The Morgan fingerprint density at radius 3 is 1.50 bits per heavy atom. The van der Waals surface area contributed by atoms with Crippen LogP contribution in [0, 0.1) is 11.8 Å². The van der Waals surface area contributed by atoms with Crippen molar-refractivity contribution in [3.05, 3.63) is 0 Å². The molecule has 3 nitrogen and oxygen atoms in total. The van der Waals surface area contributed by atoms with E-state index in [1.54, 1.807) is 7.05 Å². The molecule has 0 aliphatic rings. The second-order valence-corrected chi connectivity index (χ2v) is 4.76. The van der Waals surface area contributed by atoms with Gasteiger partial charge in [0.05, 0.1) is 6.61 Å². The molecule has 0 radical (unpaired) electrons. The summed E-state index contributed by atoms with van der Waals surface area (Å²) in [6, 6.07) is 0. The lowest BCUT2D eigenvalue weighted by molar-refractivity contribution is 0.248. The van der Waals surface area contributed by atoms with Gasteiger partial charge in [-0.3, -0.25) is 0 Å². The van der Waals surface area contributed by atoms with Gasteiger partial charge in [0.2, 0.25) is 0 Å². The molecule has 0 unspecified atom stereocenters. The quantitative estimate of drug-likeness (QED) is 0.565. The molecule has 4 heteroatoms. The van der Waals surface area contributed by atoms with E-state index >= 15 is 0 Å². The third-order valence-electron chi connectivity index (χ3n) is 1.43. The summed E-state index contributed by atoms with van der Waals surface area (Å²) in [5, 5.41) is 18.9. The van der Waals surface area contributed by atoms with Gasteiger partial charge in [0.25, 0.3) is 0 Å². The van der Waals surface area contributed by atoms with Gasteiger partial charge in [0.15, 0.2) is 0 Å². The average molecular weight is 253 g/mol. The van der Waals surface area contributed by atoms with Crippen molar-refractivity contribution < 1.29 is 10.2 Å². The van der Waals surface area contributed by atoms with Crippen LogP contribution in [0.4, 0.5) is 0 Å². The van der Waals surface area contributed by atoms with Crippen LogP contribution in [-0.4, -0.2) is 42.8 Å². The molecule has 0 spiro atoms. The van der Waals surface area contributed by atoms with Gasteiger partial charge >= 0.3 is 0 Å². The van der Waals surface area contributed by atoms with Gasteiger partial charge in [-0.2, -0.15) is 12.6 Å². The highest BCUT2D eigenvalue weighted by atomic mass is 32.1. The number of nitrogens with one attached hydrogen (secondary N) is 1. The lowest BCUT2D eigenvalue weighted by atomic mass is 10.2. The fourth-order valence-electron chi connectivity index (χ4n) is 0.370. The van der Waals surface area contributed by atoms with Crippen molar-refractivity contribution in [1.29, 1.82) is 0 Å². The summed E-state index contributed by atoms with van der Waals surface area (Å²) in [7, 11) is 1.80. The molecule has 0 rings (SSSR count). The summed E-state index contributed by atoms with van der Waals surface area (Å²) in [4.78, 5) is 0. The van der Waals surface area contributed by atoms with E-state index in [-0.39, 0.29) is 6.61 Å². The highest BCUT2D eigenvalue weighted by Crippen LogP contribution is 1.98. The lowest BCUT2D eigenvalue weighted by Gasteiger charge is -1.95. The monoisotopic (exact) mass is 253 g/mol. The normalized spacial score (nSPS) is 9.38. The molecule has 0 aromatic heterocycles. The lowest BCUT2D eigenvalue weighted by Crippen LogP contribution is -2.10. The first-order chi connectivity index (χ1) is 7.45. The molecule has 0 aromatic rings. The van der Waals surface area contributed by atoms with Crippen molar-refractivity contribution >= 4 is 12.6 Å². The van der Waals surface area contributed by atoms with Crippen LogP contribution >= 0.6 is 12.6 Å². The van der Waals surface area contributed by atoms with Gasteiger partial charge in [-0.1, -0.05) is 27.7 Å². The van der Waals surface area contributed by atoms with Crippen LogP contribution in [0.5, 0.6) is 0 Å². The van der Waals surface area contributed by atoms with E-state index in [0.717, 1.165) is 11.7 Å². The number of rotatable bonds is 5. The largest absolute Gasteiger partial charge is 0.396 e. The number of likely N-dealkylation sites (N-methyl/N-ethyl adjacent to an activating group) is 1. The summed E-state index contributed by atoms with van der Waals surface area (Å²) in [6.07, 6.45) is 1.24. The maximum atomic E-state index is 8.14. The van der Waals surface area contributed by atoms with Crippen molar-refractivity contribution in [1.82, 2.24) is 5.32 Å². The van der Waals surface area contributed by atoms with E-state index in [9.17, 15) is 0 Å². The Balaban J connectivity index is -0.000000160. The predicted octanol–water partition coefficient (Wildman–Crippen LogP) is 1.80. The molecule has 0 amide bonds. The van der Waals surface area contributed by atoms with E-state index in [4.69, 9.17) is 10.2 Å². The van der Waals surface area contributed by atoms with Crippen LogP contribution in [0.3, 0.4) is 0 Å². The van der Waals surface area contributed by atoms with Gasteiger partial charge in [-0.15, -0.1) is 0 Å².